The molecule has 26 heavy (non-hydrogen) atoms. The topological polar surface area (TPSA) is 80.0 Å². The molecule has 0 radical (unpaired) electrons. The van der Waals surface area contributed by atoms with Crippen molar-refractivity contribution in [2.24, 2.45) is 5.92 Å². The molecule has 1 unspecified atom stereocenters. The molecular weight excluding hydrogens is 351 g/mol. The molecular formula is C19H19FN4OS. The van der Waals surface area contributed by atoms with Crippen LogP contribution < -0.4 is 5.32 Å². The molecule has 134 valence electrons. The van der Waals surface area contributed by atoms with Crippen LogP contribution in [0.15, 0.2) is 30.3 Å². The number of nitrogens with zero attached hydrogens (tertiary/aromatic N) is 2. The molecule has 3 rings (SSSR count). The van der Waals surface area contributed by atoms with Gasteiger partial charge in [-0.1, -0.05) is 19.9 Å². The average Bonchev–Trinajstić information content (AvgIpc) is 3.10. The fourth-order valence-electron chi connectivity index (χ4n) is 3.10. The molecule has 1 aliphatic rings. The Kier molecular flexibility index (Phi) is 4.55. The SMILES string of the molecule is CC(C)C1(c2ccc(-c3ccc(F)c(C#N)c3)s2)CC(=O)N(C)C(=N)N1. The second-order valence-corrected chi connectivity index (χ2v) is 7.78. The van der Waals surface area contributed by atoms with E-state index >= 15 is 0 Å². The van der Waals surface area contributed by atoms with Crippen LogP contribution in [0, 0.1) is 28.5 Å². The highest BCUT2D eigenvalue weighted by Gasteiger charge is 2.45. The number of hydrogen-bond donors (Lipinski definition) is 2. The van der Waals surface area contributed by atoms with E-state index < -0.39 is 11.4 Å². The van der Waals surface area contributed by atoms with Crippen LogP contribution in [0.2, 0.25) is 0 Å². The fourth-order valence-corrected chi connectivity index (χ4v) is 4.39. The summed E-state index contributed by atoms with van der Waals surface area (Å²) in [6, 6.07) is 10.2. The number of nitrogens with one attached hydrogen (secondary N) is 2. The number of amides is 1. The Hall–Kier alpha value is -2.72. The predicted molar refractivity (Wildman–Crippen MR) is 99.2 cm³/mol. The highest BCUT2D eigenvalue weighted by atomic mass is 32.1. The zero-order valence-corrected chi connectivity index (χ0v) is 15.6. The minimum Gasteiger partial charge on any atom is -0.345 e. The van der Waals surface area contributed by atoms with Crippen LogP contribution in [-0.4, -0.2) is 23.8 Å². The fraction of sp³-hybridized carbons (Fsp3) is 0.316. The third-order valence-corrected chi connectivity index (χ3v) is 6.20. The highest BCUT2D eigenvalue weighted by Crippen LogP contribution is 2.42. The molecule has 1 amide bonds. The van der Waals surface area contributed by atoms with Gasteiger partial charge in [-0.2, -0.15) is 5.26 Å². The van der Waals surface area contributed by atoms with Gasteiger partial charge in [-0.05, 0) is 35.7 Å². The Morgan fingerprint density at radius 1 is 1.38 bits per heavy atom. The molecule has 2 aromatic rings. The zero-order valence-electron chi connectivity index (χ0n) is 14.8. The van der Waals surface area contributed by atoms with Crippen LogP contribution in [0.25, 0.3) is 10.4 Å². The summed E-state index contributed by atoms with van der Waals surface area (Å²) < 4.78 is 13.6. The Morgan fingerprint density at radius 3 is 2.73 bits per heavy atom. The zero-order chi connectivity index (χ0) is 19.1. The van der Waals surface area contributed by atoms with Gasteiger partial charge >= 0.3 is 0 Å². The van der Waals surface area contributed by atoms with Gasteiger partial charge in [0.2, 0.25) is 5.91 Å². The van der Waals surface area contributed by atoms with E-state index in [1.807, 2.05) is 32.0 Å². The number of carbonyl (C=O) groups excluding carboxylic acids is 1. The first-order chi connectivity index (χ1) is 12.3. The molecule has 0 saturated carbocycles. The van der Waals surface area contributed by atoms with Crippen molar-refractivity contribution in [2.75, 3.05) is 7.05 Å². The van der Waals surface area contributed by atoms with Crippen molar-refractivity contribution in [2.45, 2.75) is 25.8 Å². The molecule has 7 heteroatoms. The van der Waals surface area contributed by atoms with E-state index in [1.165, 1.54) is 28.4 Å². The summed E-state index contributed by atoms with van der Waals surface area (Å²) in [5, 5.41) is 20.3. The number of carbonyl (C=O) groups is 1. The molecule has 5 nitrogen and oxygen atoms in total. The molecule has 1 aromatic heterocycles. The lowest BCUT2D eigenvalue weighted by Gasteiger charge is -2.44. The maximum atomic E-state index is 13.6. The summed E-state index contributed by atoms with van der Waals surface area (Å²) in [6.07, 6.45) is 0.260. The molecule has 1 saturated heterocycles. The monoisotopic (exact) mass is 370 g/mol. The van der Waals surface area contributed by atoms with Crippen LogP contribution >= 0.6 is 11.3 Å². The minimum atomic E-state index is -0.651. The quantitative estimate of drug-likeness (QED) is 0.865. The number of halogens is 1. The lowest BCUT2D eigenvalue weighted by Crippen LogP contribution is -2.61. The molecule has 1 atom stereocenters. The van der Waals surface area contributed by atoms with Crippen LogP contribution in [-0.2, 0) is 10.3 Å². The largest absolute Gasteiger partial charge is 0.345 e. The maximum Gasteiger partial charge on any atom is 0.231 e. The van der Waals surface area contributed by atoms with E-state index in [0.717, 1.165) is 15.3 Å². The Labute approximate surface area is 155 Å². The summed E-state index contributed by atoms with van der Waals surface area (Å²) in [7, 11) is 1.59. The van der Waals surface area contributed by atoms with Crippen LogP contribution in [0.5, 0.6) is 0 Å². The molecule has 1 aromatic carbocycles. The van der Waals surface area contributed by atoms with E-state index in [2.05, 4.69) is 5.32 Å². The Balaban J connectivity index is 2.03. The highest BCUT2D eigenvalue weighted by molar-refractivity contribution is 7.15. The number of nitriles is 1. The van der Waals surface area contributed by atoms with Crippen LogP contribution in [0.4, 0.5) is 4.39 Å². The smallest absolute Gasteiger partial charge is 0.231 e. The summed E-state index contributed by atoms with van der Waals surface area (Å²) in [6.45, 7) is 4.04. The first kappa shape index (κ1) is 18.1. The van der Waals surface area contributed by atoms with Gasteiger partial charge in [0, 0.05) is 16.8 Å². The predicted octanol–water partition coefficient (Wildman–Crippen LogP) is 3.66. The number of thiophene rings is 1. The minimum absolute atomic E-state index is 0.00499. The van der Waals surface area contributed by atoms with E-state index in [-0.39, 0.29) is 29.8 Å². The van der Waals surface area contributed by atoms with E-state index in [1.54, 1.807) is 13.1 Å². The van der Waals surface area contributed by atoms with Crippen LogP contribution in [0.3, 0.4) is 0 Å². The summed E-state index contributed by atoms with van der Waals surface area (Å²) in [5.74, 6) is -0.484. The molecule has 2 N–H and O–H groups in total. The standard InChI is InChI=1S/C19H19FN4OS/c1-11(2)19(9-17(25)24(3)18(22)23-19)16-7-6-15(26-16)12-4-5-14(20)13(8-12)10-21/h4-8,11H,9H2,1-3H3,(H2,22,23). The van der Waals surface area contributed by atoms with Crippen molar-refractivity contribution in [3.05, 3.63) is 46.6 Å². The molecule has 1 aliphatic heterocycles. The van der Waals surface area contributed by atoms with Gasteiger partial charge in [-0.3, -0.25) is 15.1 Å². The number of benzene rings is 1. The maximum absolute atomic E-state index is 13.6. The summed E-state index contributed by atoms with van der Waals surface area (Å²) in [4.78, 5) is 15.5. The third-order valence-electron chi connectivity index (χ3n) is 4.88. The molecule has 0 bridgehead atoms. The normalized spacial score (nSPS) is 20.2. The second kappa shape index (κ2) is 6.54. The number of rotatable bonds is 3. The lowest BCUT2D eigenvalue weighted by atomic mass is 9.80. The Morgan fingerprint density at radius 2 is 2.12 bits per heavy atom. The summed E-state index contributed by atoms with van der Waals surface area (Å²) in [5.41, 5.74) is 0.111. The van der Waals surface area contributed by atoms with Crippen molar-refractivity contribution in [3.8, 4) is 16.5 Å². The van der Waals surface area contributed by atoms with Crippen LogP contribution in [0.1, 0.15) is 30.7 Å². The van der Waals surface area contributed by atoms with E-state index in [4.69, 9.17) is 10.7 Å². The molecule has 1 fully saturated rings. The van der Waals surface area contributed by atoms with Gasteiger partial charge < -0.3 is 5.32 Å². The van der Waals surface area contributed by atoms with Gasteiger partial charge in [0.15, 0.2) is 5.96 Å². The van der Waals surface area contributed by atoms with Crippen molar-refractivity contribution in [3.63, 3.8) is 0 Å². The van der Waals surface area contributed by atoms with Gasteiger partial charge in [-0.15, -0.1) is 11.3 Å². The second-order valence-electron chi connectivity index (χ2n) is 6.70. The number of hydrogen-bond acceptors (Lipinski definition) is 4. The van der Waals surface area contributed by atoms with Gasteiger partial charge in [0.25, 0.3) is 0 Å². The number of guanidine groups is 1. The molecule has 0 aliphatic carbocycles. The first-order valence-corrected chi connectivity index (χ1v) is 9.04. The molecule has 0 spiro atoms. The Bertz CT molecular complexity index is 910. The average molecular weight is 370 g/mol. The lowest BCUT2D eigenvalue weighted by molar-refractivity contribution is -0.130. The van der Waals surface area contributed by atoms with Crippen molar-refractivity contribution >= 4 is 23.2 Å². The van der Waals surface area contributed by atoms with Gasteiger partial charge in [-0.25, -0.2) is 4.39 Å². The van der Waals surface area contributed by atoms with E-state index in [0.29, 0.717) is 0 Å². The summed E-state index contributed by atoms with van der Waals surface area (Å²) >= 11 is 1.49. The van der Waals surface area contributed by atoms with Crippen molar-refractivity contribution < 1.29 is 9.18 Å². The van der Waals surface area contributed by atoms with Crippen molar-refractivity contribution in [1.29, 1.82) is 10.7 Å². The van der Waals surface area contributed by atoms with Crippen molar-refractivity contribution in [1.82, 2.24) is 10.2 Å². The molecule has 2 heterocycles. The van der Waals surface area contributed by atoms with E-state index in [9.17, 15) is 9.18 Å². The first-order valence-electron chi connectivity index (χ1n) is 8.22. The third kappa shape index (κ3) is 2.86. The van der Waals surface area contributed by atoms with Gasteiger partial charge in [0.1, 0.15) is 11.9 Å². The van der Waals surface area contributed by atoms with Gasteiger partial charge in [0.05, 0.1) is 17.5 Å².